The van der Waals surface area contributed by atoms with Crippen LogP contribution >= 0.6 is 11.8 Å². The van der Waals surface area contributed by atoms with Crippen LogP contribution < -0.4 is 10.2 Å². The summed E-state index contributed by atoms with van der Waals surface area (Å²) in [5.74, 6) is 0.614. The first-order valence-corrected chi connectivity index (χ1v) is 8.44. The zero-order chi connectivity index (χ0) is 17.8. The summed E-state index contributed by atoms with van der Waals surface area (Å²) in [6.07, 6.45) is 4.22. The highest BCUT2D eigenvalue weighted by Crippen LogP contribution is 2.21. The molecule has 0 fully saturated rings. The largest absolute Gasteiger partial charge is 0.497 e. The van der Waals surface area contributed by atoms with Gasteiger partial charge in [-0.1, -0.05) is 17.7 Å². The van der Waals surface area contributed by atoms with Crippen LogP contribution in [0.1, 0.15) is 11.1 Å². The van der Waals surface area contributed by atoms with Crippen LogP contribution in [0.2, 0.25) is 0 Å². The molecule has 0 N–H and O–H groups in total. The molecule has 0 aliphatic rings. The van der Waals surface area contributed by atoms with Gasteiger partial charge in [-0.3, -0.25) is 9.59 Å². The second-order valence-electron chi connectivity index (χ2n) is 5.45. The Bertz CT molecular complexity index is 1000. The summed E-state index contributed by atoms with van der Waals surface area (Å²) in [6.45, 7) is 1.99. The number of fused-ring (bicyclic) bond motifs is 1. The van der Waals surface area contributed by atoms with Gasteiger partial charge in [-0.25, -0.2) is 0 Å². The van der Waals surface area contributed by atoms with E-state index in [4.69, 9.17) is 9.15 Å². The minimum absolute atomic E-state index is 0.155. The number of rotatable bonds is 4. The van der Waals surface area contributed by atoms with Gasteiger partial charge in [-0.15, -0.1) is 0 Å². The lowest BCUT2D eigenvalue weighted by molar-refractivity contribution is -0.107. The third kappa shape index (κ3) is 4.00. The van der Waals surface area contributed by atoms with Crippen molar-refractivity contribution in [2.45, 2.75) is 11.8 Å². The van der Waals surface area contributed by atoms with Crippen LogP contribution in [0, 0.1) is 6.92 Å². The van der Waals surface area contributed by atoms with Crippen LogP contribution in [-0.4, -0.2) is 12.2 Å². The zero-order valence-electron chi connectivity index (χ0n) is 13.8. The van der Waals surface area contributed by atoms with Gasteiger partial charge < -0.3 is 9.15 Å². The van der Waals surface area contributed by atoms with Gasteiger partial charge in [0.2, 0.25) is 5.12 Å². The Hall–Kier alpha value is -2.79. The molecule has 0 aliphatic carbocycles. The van der Waals surface area contributed by atoms with Crippen LogP contribution in [0.15, 0.2) is 68.9 Å². The molecule has 1 aromatic heterocycles. The van der Waals surface area contributed by atoms with Crippen LogP contribution in [0.3, 0.4) is 0 Å². The Kier molecular flexibility index (Phi) is 5.05. The number of hydrogen-bond acceptors (Lipinski definition) is 5. The monoisotopic (exact) mass is 352 g/mol. The van der Waals surface area contributed by atoms with Crippen molar-refractivity contribution in [2.75, 3.05) is 7.11 Å². The predicted octanol–water partition coefficient (Wildman–Crippen LogP) is 4.44. The third-order valence-corrected chi connectivity index (χ3v) is 4.49. The molecule has 126 valence electrons. The molecule has 0 saturated carbocycles. The van der Waals surface area contributed by atoms with E-state index >= 15 is 0 Å². The molecular weight excluding hydrogens is 336 g/mol. The molecule has 2 aromatic carbocycles. The first-order chi connectivity index (χ1) is 12.1. The van der Waals surface area contributed by atoms with Crippen LogP contribution in [0.4, 0.5) is 0 Å². The van der Waals surface area contributed by atoms with E-state index in [1.54, 1.807) is 25.3 Å². The molecule has 25 heavy (non-hydrogen) atoms. The number of carbonyl (C=O) groups excluding carboxylic acids is 1. The highest BCUT2D eigenvalue weighted by Gasteiger charge is 2.07. The van der Waals surface area contributed by atoms with E-state index in [-0.39, 0.29) is 10.5 Å². The van der Waals surface area contributed by atoms with Crippen molar-refractivity contribution in [1.29, 1.82) is 0 Å². The van der Waals surface area contributed by atoms with Gasteiger partial charge in [0.1, 0.15) is 17.6 Å². The van der Waals surface area contributed by atoms with E-state index in [1.165, 1.54) is 18.4 Å². The second-order valence-corrected chi connectivity index (χ2v) is 6.53. The van der Waals surface area contributed by atoms with Gasteiger partial charge in [0.25, 0.3) is 0 Å². The molecular formula is C20H16O4S. The van der Waals surface area contributed by atoms with Gasteiger partial charge in [-0.05, 0) is 55.1 Å². The Morgan fingerprint density at radius 3 is 2.64 bits per heavy atom. The Labute approximate surface area is 149 Å². The molecule has 3 rings (SSSR count). The molecule has 3 aromatic rings. The van der Waals surface area contributed by atoms with E-state index in [0.717, 1.165) is 22.2 Å². The lowest BCUT2D eigenvalue weighted by Crippen LogP contribution is -2.05. The number of ether oxygens (including phenoxy) is 1. The summed E-state index contributed by atoms with van der Waals surface area (Å²) in [7, 11) is 1.55. The second kappa shape index (κ2) is 7.40. The van der Waals surface area contributed by atoms with E-state index in [0.29, 0.717) is 22.3 Å². The minimum atomic E-state index is -0.187. The minimum Gasteiger partial charge on any atom is -0.497 e. The topological polar surface area (TPSA) is 56.5 Å². The molecule has 4 nitrogen and oxygen atoms in total. The summed E-state index contributed by atoms with van der Waals surface area (Å²) in [5.41, 5.74) is 1.73. The van der Waals surface area contributed by atoms with E-state index in [2.05, 4.69) is 0 Å². The Morgan fingerprint density at radius 2 is 1.92 bits per heavy atom. The molecule has 0 unspecified atom stereocenters. The first kappa shape index (κ1) is 17.0. The van der Waals surface area contributed by atoms with Gasteiger partial charge in [0, 0.05) is 11.0 Å². The number of methoxy groups -OCH3 is 1. The lowest BCUT2D eigenvalue weighted by atomic mass is 10.1. The SMILES string of the molecule is COc1ccc2c(=O)c(/C=C/C(=O)Sc3ccc(C)cc3)coc2c1. The molecule has 1 heterocycles. The molecule has 0 bridgehead atoms. The molecule has 0 amide bonds. The van der Waals surface area contributed by atoms with Crippen LogP contribution in [0.25, 0.3) is 17.0 Å². The Morgan fingerprint density at radius 1 is 1.16 bits per heavy atom. The molecule has 0 spiro atoms. The average molecular weight is 352 g/mol. The van der Waals surface area contributed by atoms with Crippen molar-refractivity contribution in [1.82, 2.24) is 0 Å². The van der Waals surface area contributed by atoms with Crippen molar-refractivity contribution >= 4 is 33.9 Å². The number of carbonyl (C=O) groups is 1. The zero-order valence-corrected chi connectivity index (χ0v) is 14.6. The van der Waals surface area contributed by atoms with Crippen LogP contribution in [-0.2, 0) is 4.79 Å². The summed E-state index contributed by atoms with van der Waals surface area (Å²) in [5, 5.41) is 0.291. The normalized spacial score (nSPS) is 11.1. The first-order valence-electron chi connectivity index (χ1n) is 7.63. The number of benzene rings is 2. The van der Waals surface area contributed by atoms with E-state index < -0.39 is 0 Å². The van der Waals surface area contributed by atoms with Gasteiger partial charge in [0.05, 0.1) is 18.1 Å². The Balaban J connectivity index is 1.81. The van der Waals surface area contributed by atoms with Crippen molar-refractivity contribution < 1.29 is 13.9 Å². The lowest BCUT2D eigenvalue weighted by Gasteiger charge is -2.02. The standard InChI is InChI=1S/C20H16O4S/c1-13-3-7-16(8-4-13)25-19(21)10-5-14-12-24-18-11-15(23-2)6-9-17(18)20(14)22/h3-12H,1-2H3/b10-5+. The average Bonchev–Trinajstić information content (AvgIpc) is 2.63. The molecule has 0 radical (unpaired) electrons. The fraction of sp³-hybridized carbons (Fsp3) is 0.100. The van der Waals surface area contributed by atoms with Gasteiger partial charge in [-0.2, -0.15) is 0 Å². The molecule has 0 aliphatic heterocycles. The molecule has 5 heteroatoms. The third-order valence-electron chi connectivity index (χ3n) is 3.65. The van der Waals surface area contributed by atoms with Crippen molar-refractivity contribution in [3.8, 4) is 5.75 Å². The fourth-order valence-corrected chi connectivity index (χ4v) is 2.92. The molecule has 0 saturated heterocycles. The summed E-state index contributed by atoms with van der Waals surface area (Å²) < 4.78 is 10.6. The van der Waals surface area contributed by atoms with Crippen molar-refractivity contribution in [3.63, 3.8) is 0 Å². The highest BCUT2D eigenvalue weighted by molar-refractivity contribution is 8.14. The molecule has 0 atom stereocenters. The van der Waals surface area contributed by atoms with Gasteiger partial charge in [0.15, 0.2) is 5.43 Å². The van der Waals surface area contributed by atoms with Crippen molar-refractivity contribution in [3.05, 3.63) is 76.2 Å². The highest BCUT2D eigenvalue weighted by atomic mass is 32.2. The van der Waals surface area contributed by atoms with Gasteiger partial charge >= 0.3 is 0 Å². The van der Waals surface area contributed by atoms with Crippen LogP contribution in [0.5, 0.6) is 5.75 Å². The smallest absolute Gasteiger partial charge is 0.216 e. The number of hydrogen-bond donors (Lipinski definition) is 0. The summed E-state index contributed by atoms with van der Waals surface area (Å²) >= 11 is 1.11. The predicted molar refractivity (Wildman–Crippen MR) is 100 cm³/mol. The number of aryl methyl sites for hydroxylation is 1. The van der Waals surface area contributed by atoms with Crippen molar-refractivity contribution in [2.24, 2.45) is 0 Å². The van der Waals surface area contributed by atoms with E-state index in [1.807, 2.05) is 31.2 Å². The number of thioether (sulfide) groups is 1. The van der Waals surface area contributed by atoms with E-state index in [9.17, 15) is 9.59 Å². The quantitative estimate of drug-likeness (QED) is 0.513. The fourth-order valence-electron chi connectivity index (χ4n) is 2.28. The maximum Gasteiger partial charge on any atom is 0.216 e. The maximum atomic E-state index is 12.5. The maximum absolute atomic E-state index is 12.5. The summed E-state index contributed by atoms with van der Waals surface area (Å²) in [4.78, 5) is 25.4. The summed E-state index contributed by atoms with van der Waals surface area (Å²) in [6, 6.07) is 12.7.